The molecule has 0 spiro atoms. The van der Waals surface area contributed by atoms with Crippen LogP contribution in [-0.4, -0.2) is 32.2 Å². The van der Waals surface area contributed by atoms with E-state index in [-0.39, 0.29) is 0 Å². The molecule has 0 aromatic carbocycles. The summed E-state index contributed by atoms with van der Waals surface area (Å²) >= 11 is 4.07. The average molecular weight is 274 g/mol. The van der Waals surface area contributed by atoms with E-state index < -0.39 is 0 Å². The first-order valence-electron chi connectivity index (χ1n) is 7.29. The number of ether oxygens (including phenoxy) is 2. The maximum atomic E-state index is 5.48. The highest BCUT2D eigenvalue weighted by atomic mass is 32.1. The molecule has 0 aromatic heterocycles. The molecule has 0 atom stereocenters. The number of hydrogen-bond acceptors (Lipinski definition) is 3. The maximum Gasteiger partial charge on any atom is 0.0700 e. The molecule has 0 unspecified atom stereocenters. The Balaban J connectivity index is 2.88. The van der Waals surface area contributed by atoms with Gasteiger partial charge in [0.15, 0.2) is 0 Å². The third-order valence-electron chi connectivity index (χ3n) is 2.80. The van der Waals surface area contributed by atoms with E-state index in [1.807, 2.05) is 6.08 Å². The van der Waals surface area contributed by atoms with Crippen molar-refractivity contribution >= 4 is 12.6 Å². The second-order valence-corrected chi connectivity index (χ2v) is 4.95. The van der Waals surface area contributed by atoms with Gasteiger partial charge in [0.1, 0.15) is 0 Å². The molecule has 108 valence electrons. The number of allylic oxidation sites excluding steroid dienone is 1. The zero-order valence-electron chi connectivity index (χ0n) is 11.7. The van der Waals surface area contributed by atoms with Crippen molar-refractivity contribution in [3.8, 4) is 0 Å². The van der Waals surface area contributed by atoms with Crippen molar-refractivity contribution < 1.29 is 9.47 Å². The Morgan fingerprint density at radius 1 is 0.722 bits per heavy atom. The van der Waals surface area contributed by atoms with Crippen LogP contribution in [0.4, 0.5) is 0 Å². The normalized spacial score (nSPS) is 10.7. The van der Waals surface area contributed by atoms with Crippen molar-refractivity contribution in [2.24, 2.45) is 0 Å². The SMILES string of the molecule is C=CCCCCCCCCCOCCOCCS. The summed E-state index contributed by atoms with van der Waals surface area (Å²) in [4.78, 5) is 0. The lowest BCUT2D eigenvalue weighted by Gasteiger charge is -2.05. The van der Waals surface area contributed by atoms with Gasteiger partial charge in [-0.1, -0.05) is 38.2 Å². The monoisotopic (exact) mass is 274 g/mol. The third-order valence-corrected chi connectivity index (χ3v) is 2.99. The van der Waals surface area contributed by atoms with Crippen LogP contribution in [0, 0.1) is 0 Å². The molecular formula is C15H30O2S. The van der Waals surface area contributed by atoms with E-state index in [2.05, 4.69) is 19.2 Å². The van der Waals surface area contributed by atoms with Crippen molar-refractivity contribution in [3.63, 3.8) is 0 Å². The van der Waals surface area contributed by atoms with Gasteiger partial charge in [-0.3, -0.25) is 0 Å². The molecule has 0 aromatic rings. The fraction of sp³-hybridized carbons (Fsp3) is 0.867. The van der Waals surface area contributed by atoms with Gasteiger partial charge in [0.25, 0.3) is 0 Å². The minimum absolute atomic E-state index is 0.698. The van der Waals surface area contributed by atoms with Gasteiger partial charge in [-0.2, -0.15) is 12.6 Å². The van der Waals surface area contributed by atoms with E-state index in [9.17, 15) is 0 Å². The van der Waals surface area contributed by atoms with Gasteiger partial charge in [-0.05, 0) is 19.3 Å². The third kappa shape index (κ3) is 16.0. The fourth-order valence-electron chi connectivity index (χ4n) is 1.76. The topological polar surface area (TPSA) is 18.5 Å². The lowest BCUT2D eigenvalue weighted by Crippen LogP contribution is -2.06. The molecule has 0 aliphatic carbocycles. The number of rotatable bonds is 15. The van der Waals surface area contributed by atoms with Crippen molar-refractivity contribution in [2.45, 2.75) is 51.4 Å². The summed E-state index contributed by atoms with van der Waals surface area (Å²) < 4.78 is 10.7. The molecule has 18 heavy (non-hydrogen) atoms. The first kappa shape index (κ1) is 18.0. The first-order chi connectivity index (χ1) is 8.91. The standard InChI is InChI=1S/C15H30O2S/c1-2-3-4-5-6-7-8-9-10-11-16-12-13-17-14-15-18/h2,18H,1,3-15H2. The van der Waals surface area contributed by atoms with Crippen LogP contribution in [0.25, 0.3) is 0 Å². The number of unbranched alkanes of at least 4 members (excludes halogenated alkanes) is 7. The summed E-state index contributed by atoms with van der Waals surface area (Å²) in [5.74, 6) is 0.785. The lowest BCUT2D eigenvalue weighted by atomic mass is 10.1. The Morgan fingerprint density at radius 2 is 1.28 bits per heavy atom. The van der Waals surface area contributed by atoms with Crippen LogP contribution in [0.2, 0.25) is 0 Å². The van der Waals surface area contributed by atoms with Crippen LogP contribution in [0.15, 0.2) is 12.7 Å². The molecule has 0 amide bonds. The Kier molecular flexibility index (Phi) is 17.0. The molecule has 0 aliphatic rings. The minimum atomic E-state index is 0.698. The van der Waals surface area contributed by atoms with E-state index in [0.717, 1.165) is 25.6 Å². The zero-order valence-corrected chi connectivity index (χ0v) is 12.6. The largest absolute Gasteiger partial charge is 0.379 e. The molecule has 0 heterocycles. The van der Waals surface area contributed by atoms with Gasteiger partial charge >= 0.3 is 0 Å². The fourth-order valence-corrected chi connectivity index (χ4v) is 1.89. The highest BCUT2D eigenvalue weighted by Gasteiger charge is 1.93. The highest BCUT2D eigenvalue weighted by Crippen LogP contribution is 2.08. The Labute approximate surface area is 119 Å². The molecule has 0 aliphatic heterocycles. The van der Waals surface area contributed by atoms with E-state index in [0.29, 0.717) is 6.61 Å². The predicted octanol–water partition coefficient (Wildman–Crippen LogP) is 4.26. The van der Waals surface area contributed by atoms with Gasteiger partial charge in [-0.25, -0.2) is 0 Å². The first-order valence-corrected chi connectivity index (χ1v) is 7.92. The molecular weight excluding hydrogens is 244 g/mol. The number of thiol groups is 1. The van der Waals surface area contributed by atoms with Crippen LogP contribution in [0.5, 0.6) is 0 Å². The van der Waals surface area contributed by atoms with Crippen molar-refractivity contribution in [2.75, 3.05) is 32.2 Å². The Hall–Kier alpha value is 0.0100. The molecule has 0 radical (unpaired) electrons. The molecule has 0 N–H and O–H groups in total. The van der Waals surface area contributed by atoms with Crippen LogP contribution in [0.3, 0.4) is 0 Å². The Bertz CT molecular complexity index is 163. The Morgan fingerprint density at radius 3 is 1.89 bits per heavy atom. The predicted molar refractivity (Wildman–Crippen MR) is 82.6 cm³/mol. The molecule has 0 rings (SSSR count). The van der Waals surface area contributed by atoms with Gasteiger partial charge in [0, 0.05) is 12.4 Å². The van der Waals surface area contributed by atoms with Crippen LogP contribution in [0.1, 0.15) is 51.4 Å². The van der Waals surface area contributed by atoms with E-state index in [1.165, 1.54) is 51.4 Å². The summed E-state index contributed by atoms with van der Waals surface area (Å²) in [7, 11) is 0. The second-order valence-electron chi connectivity index (χ2n) is 4.50. The second kappa shape index (κ2) is 17.0. The maximum absolute atomic E-state index is 5.48. The van der Waals surface area contributed by atoms with Gasteiger partial charge in [0.05, 0.1) is 19.8 Å². The molecule has 0 fully saturated rings. The molecule has 2 nitrogen and oxygen atoms in total. The smallest absolute Gasteiger partial charge is 0.0700 e. The van der Waals surface area contributed by atoms with Gasteiger partial charge < -0.3 is 9.47 Å². The summed E-state index contributed by atoms with van der Waals surface area (Å²) in [5.41, 5.74) is 0. The van der Waals surface area contributed by atoms with E-state index >= 15 is 0 Å². The molecule has 0 saturated heterocycles. The summed E-state index contributed by atoms with van der Waals surface area (Å²) in [6.07, 6.45) is 12.4. The summed E-state index contributed by atoms with van der Waals surface area (Å²) in [6, 6.07) is 0. The summed E-state index contributed by atoms with van der Waals surface area (Å²) in [6.45, 7) is 6.75. The minimum Gasteiger partial charge on any atom is -0.379 e. The van der Waals surface area contributed by atoms with Gasteiger partial charge in [0.2, 0.25) is 0 Å². The summed E-state index contributed by atoms with van der Waals surface area (Å²) in [5, 5.41) is 0. The quantitative estimate of drug-likeness (QED) is 0.273. The van der Waals surface area contributed by atoms with Crippen LogP contribution in [-0.2, 0) is 9.47 Å². The van der Waals surface area contributed by atoms with E-state index in [1.54, 1.807) is 0 Å². The van der Waals surface area contributed by atoms with Crippen LogP contribution < -0.4 is 0 Å². The average Bonchev–Trinajstić information content (AvgIpc) is 2.39. The van der Waals surface area contributed by atoms with Crippen molar-refractivity contribution in [1.29, 1.82) is 0 Å². The van der Waals surface area contributed by atoms with Gasteiger partial charge in [-0.15, -0.1) is 6.58 Å². The number of hydrogen-bond donors (Lipinski definition) is 1. The molecule has 0 bridgehead atoms. The van der Waals surface area contributed by atoms with Crippen molar-refractivity contribution in [3.05, 3.63) is 12.7 Å². The highest BCUT2D eigenvalue weighted by molar-refractivity contribution is 7.80. The zero-order chi connectivity index (χ0) is 13.3. The molecule has 3 heteroatoms. The van der Waals surface area contributed by atoms with Crippen LogP contribution >= 0.6 is 12.6 Å². The molecule has 0 saturated carbocycles. The lowest BCUT2D eigenvalue weighted by molar-refractivity contribution is 0.0523. The van der Waals surface area contributed by atoms with Crippen molar-refractivity contribution in [1.82, 2.24) is 0 Å². The van der Waals surface area contributed by atoms with E-state index in [4.69, 9.17) is 9.47 Å².